The number of ether oxygens (including phenoxy) is 1. The summed E-state index contributed by atoms with van der Waals surface area (Å²) in [6.07, 6.45) is 6.67. The predicted octanol–water partition coefficient (Wildman–Crippen LogP) is 2.82. The van der Waals surface area contributed by atoms with Gasteiger partial charge in [-0.15, -0.1) is 0 Å². The van der Waals surface area contributed by atoms with Gasteiger partial charge in [0.2, 0.25) is 0 Å². The average molecular weight is 285 g/mol. The van der Waals surface area contributed by atoms with Gasteiger partial charge in [-0.2, -0.15) is 0 Å². The van der Waals surface area contributed by atoms with Crippen molar-refractivity contribution in [2.24, 2.45) is 0 Å². The Hall–Kier alpha value is -2.27. The van der Waals surface area contributed by atoms with Gasteiger partial charge in [-0.05, 0) is 25.1 Å². The molecule has 0 bridgehead atoms. The summed E-state index contributed by atoms with van der Waals surface area (Å²) < 4.78 is 13.2. The van der Waals surface area contributed by atoms with Crippen LogP contribution in [0.25, 0.3) is 11.0 Å². The van der Waals surface area contributed by atoms with Crippen LogP contribution < -0.4 is 10.1 Å². The van der Waals surface area contributed by atoms with Crippen molar-refractivity contribution in [2.75, 3.05) is 13.7 Å². The highest BCUT2D eigenvalue weighted by Gasteiger charge is 2.07. The number of nitrogens with zero attached hydrogens (tertiary/aromatic N) is 2. The number of aromatic nitrogens is 2. The fourth-order valence-electron chi connectivity index (χ4n) is 2.35. The fraction of sp³-hybridized carbons (Fsp3) is 0.312. The second-order valence-corrected chi connectivity index (χ2v) is 4.92. The molecule has 0 saturated carbocycles. The fourth-order valence-corrected chi connectivity index (χ4v) is 2.35. The molecule has 5 heteroatoms. The summed E-state index contributed by atoms with van der Waals surface area (Å²) in [6, 6.07) is 7.97. The van der Waals surface area contributed by atoms with E-state index in [-0.39, 0.29) is 0 Å². The van der Waals surface area contributed by atoms with Crippen molar-refractivity contribution in [3.63, 3.8) is 0 Å². The second kappa shape index (κ2) is 6.45. The molecule has 0 saturated heterocycles. The first-order valence-electron chi connectivity index (χ1n) is 7.09. The summed E-state index contributed by atoms with van der Waals surface area (Å²) in [5.74, 6) is 1.70. The van der Waals surface area contributed by atoms with Gasteiger partial charge in [0.15, 0.2) is 11.3 Å². The van der Waals surface area contributed by atoms with Crippen molar-refractivity contribution in [1.29, 1.82) is 0 Å². The monoisotopic (exact) mass is 285 g/mol. The Bertz CT molecular complexity index is 689. The Kier molecular flexibility index (Phi) is 4.21. The quantitative estimate of drug-likeness (QED) is 0.678. The van der Waals surface area contributed by atoms with E-state index in [1.54, 1.807) is 13.3 Å². The minimum Gasteiger partial charge on any atom is -0.493 e. The highest BCUT2D eigenvalue weighted by atomic mass is 16.5. The lowest BCUT2D eigenvalue weighted by Crippen LogP contribution is -2.15. The van der Waals surface area contributed by atoms with Crippen LogP contribution in [0.2, 0.25) is 0 Å². The molecule has 0 spiro atoms. The van der Waals surface area contributed by atoms with E-state index in [2.05, 4.69) is 20.9 Å². The van der Waals surface area contributed by atoms with Crippen LogP contribution in [0.1, 0.15) is 12.2 Å². The predicted molar refractivity (Wildman–Crippen MR) is 81.3 cm³/mol. The number of rotatable bonds is 7. The third kappa shape index (κ3) is 3.25. The third-order valence-corrected chi connectivity index (χ3v) is 3.41. The maximum Gasteiger partial charge on any atom is 0.176 e. The molecule has 0 atom stereocenters. The molecule has 0 amide bonds. The van der Waals surface area contributed by atoms with Gasteiger partial charge in [0.05, 0.1) is 20.0 Å². The van der Waals surface area contributed by atoms with E-state index in [1.807, 2.05) is 30.7 Å². The molecule has 3 rings (SSSR count). The van der Waals surface area contributed by atoms with Crippen molar-refractivity contribution >= 4 is 11.0 Å². The number of para-hydroxylation sites is 1. The summed E-state index contributed by atoms with van der Waals surface area (Å²) in [7, 11) is 1.66. The van der Waals surface area contributed by atoms with Crippen molar-refractivity contribution in [3.05, 3.63) is 48.7 Å². The maximum atomic E-state index is 5.84. The summed E-state index contributed by atoms with van der Waals surface area (Å²) in [6.45, 7) is 2.63. The molecule has 0 unspecified atom stereocenters. The smallest absolute Gasteiger partial charge is 0.176 e. The zero-order valence-electron chi connectivity index (χ0n) is 12.1. The number of fused-ring (bicyclic) bond motifs is 1. The SMILES string of the molecule is COc1cccc2cc(CNCCCn3ccnc3)oc12. The molecule has 2 heterocycles. The Morgan fingerprint density at radius 2 is 2.33 bits per heavy atom. The van der Waals surface area contributed by atoms with E-state index >= 15 is 0 Å². The number of hydrogen-bond acceptors (Lipinski definition) is 4. The van der Waals surface area contributed by atoms with Gasteiger partial charge >= 0.3 is 0 Å². The summed E-state index contributed by atoms with van der Waals surface area (Å²) >= 11 is 0. The number of hydrogen-bond donors (Lipinski definition) is 1. The van der Waals surface area contributed by atoms with Crippen LogP contribution in [0.15, 0.2) is 47.4 Å². The molecule has 0 aliphatic carbocycles. The first-order chi connectivity index (χ1) is 10.4. The van der Waals surface area contributed by atoms with Crippen LogP contribution in [0.3, 0.4) is 0 Å². The molecule has 2 aromatic heterocycles. The normalized spacial score (nSPS) is 11.1. The van der Waals surface area contributed by atoms with E-state index in [9.17, 15) is 0 Å². The van der Waals surface area contributed by atoms with Gasteiger partial charge < -0.3 is 19.0 Å². The van der Waals surface area contributed by atoms with E-state index < -0.39 is 0 Å². The first-order valence-corrected chi connectivity index (χ1v) is 7.09. The number of nitrogens with one attached hydrogen (secondary N) is 1. The van der Waals surface area contributed by atoms with E-state index in [0.717, 1.165) is 48.5 Å². The van der Waals surface area contributed by atoms with E-state index in [1.165, 1.54) is 0 Å². The van der Waals surface area contributed by atoms with Crippen LogP contribution in [-0.4, -0.2) is 23.2 Å². The molecule has 0 aliphatic heterocycles. The Morgan fingerprint density at radius 1 is 1.38 bits per heavy atom. The van der Waals surface area contributed by atoms with Gasteiger partial charge in [0, 0.05) is 24.3 Å². The highest BCUT2D eigenvalue weighted by Crippen LogP contribution is 2.28. The zero-order chi connectivity index (χ0) is 14.5. The summed E-state index contributed by atoms with van der Waals surface area (Å²) in [4.78, 5) is 4.02. The molecule has 3 aromatic rings. The Labute approximate surface area is 123 Å². The maximum absolute atomic E-state index is 5.84. The molecule has 0 fully saturated rings. The van der Waals surface area contributed by atoms with Gasteiger partial charge in [0.25, 0.3) is 0 Å². The topological polar surface area (TPSA) is 52.2 Å². The number of aryl methyl sites for hydroxylation is 1. The number of benzene rings is 1. The molecule has 5 nitrogen and oxygen atoms in total. The van der Waals surface area contributed by atoms with Crippen LogP contribution in [0.4, 0.5) is 0 Å². The third-order valence-electron chi connectivity index (χ3n) is 3.41. The van der Waals surface area contributed by atoms with Gasteiger partial charge in [-0.25, -0.2) is 4.98 Å². The summed E-state index contributed by atoms with van der Waals surface area (Å²) in [5, 5.41) is 4.47. The largest absolute Gasteiger partial charge is 0.493 e. The molecule has 0 aliphatic rings. The molecule has 1 aromatic carbocycles. The molecule has 21 heavy (non-hydrogen) atoms. The van der Waals surface area contributed by atoms with Crippen molar-refractivity contribution in [3.8, 4) is 5.75 Å². The van der Waals surface area contributed by atoms with Crippen LogP contribution >= 0.6 is 0 Å². The highest BCUT2D eigenvalue weighted by molar-refractivity contribution is 5.83. The van der Waals surface area contributed by atoms with E-state index in [4.69, 9.17) is 9.15 Å². The Balaban J connectivity index is 1.51. The minimum absolute atomic E-state index is 0.724. The molecular weight excluding hydrogens is 266 g/mol. The number of imidazole rings is 1. The molecular formula is C16H19N3O2. The van der Waals surface area contributed by atoms with Gasteiger partial charge in [-0.1, -0.05) is 12.1 Å². The lowest BCUT2D eigenvalue weighted by Gasteiger charge is -2.03. The van der Waals surface area contributed by atoms with Crippen molar-refractivity contribution in [1.82, 2.24) is 14.9 Å². The molecule has 110 valence electrons. The number of furan rings is 1. The zero-order valence-corrected chi connectivity index (χ0v) is 12.1. The van der Waals surface area contributed by atoms with Gasteiger partial charge in [0.1, 0.15) is 5.76 Å². The van der Waals surface area contributed by atoms with Crippen LogP contribution in [-0.2, 0) is 13.1 Å². The van der Waals surface area contributed by atoms with E-state index in [0.29, 0.717) is 0 Å². The van der Waals surface area contributed by atoms with Crippen LogP contribution in [0.5, 0.6) is 5.75 Å². The van der Waals surface area contributed by atoms with Gasteiger partial charge in [-0.3, -0.25) is 0 Å². The standard InChI is InChI=1S/C16H19N3O2/c1-20-15-5-2-4-13-10-14(21-16(13)15)11-17-6-3-8-19-9-7-18-12-19/h2,4-5,7,9-10,12,17H,3,6,8,11H2,1H3. The lowest BCUT2D eigenvalue weighted by molar-refractivity contribution is 0.406. The number of methoxy groups -OCH3 is 1. The first kappa shape index (κ1) is 13.7. The molecule has 0 radical (unpaired) electrons. The minimum atomic E-state index is 0.724. The van der Waals surface area contributed by atoms with Crippen molar-refractivity contribution < 1.29 is 9.15 Å². The average Bonchev–Trinajstić information content (AvgIpc) is 3.15. The Morgan fingerprint density at radius 3 is 3.14 bits per heavy atom. The lowest BCUT2D eigenvalue weighted by atomic mass is 10.2. The second-order valence-electron chi connectivity index (χ2n) is 4.92. The van der Waals surface area contributed by atoms with Crippen LogP contribution in [0, 0.1) is 0 Å². The summed E-state index contributed by atoms with van der Waals surface area (Å²) in [5.41, 5.74) is 0.815. The van der Waals surface area contributed by atoms with Crippen molar-refractivity contribution in [2.45, 2.75) is 19.5 Å². The molecule has 1 N–H and O–H groups in total.